The van der Waals surface area contributed by atoms with Crippen LogP contribution in [0.2, 0.25) is 0 Å². The molecule has 0 spiro atoms. The normalized spacial score (nSPS) is 9.42. The zero-order valence-corrected chi connectivity index (χ0v) is 20.7. The summed E-state index contributed by atoms with van der Waals surface area (Å²) in [5.74, 6) is 0. The van der Waals surface area contributed by atoms with E-state index in [2.05, 4.69) is 102 Å². The molecule has 0 aliphatic heterocycles. The molecule has 2 N–H and O–H groups in total. The van der Waals surface area contributed by atoms with Crippen LogP contribution in [0, 0.1) is 6.92 Å². The first kappa shape index (κ1) is 28.5. The predicted octanol–water partition coefficient (Wildman–Crippen LogP) is 6.56. The summed E-state index contributed by atoms with van der Waals surface area (Å²) in [7, 11) is 4.03. The SMILES string of the molecule is CC.CC.CNCN(C)CNCc1ccccc1.Cc1cccc(-c2ccccc2)c1. The van der Waals surface area contributed by atoms with Crippen molar-refractivity contribution in [1.82, 2.24) is 15.5 Å². The molecule has 3 heteroatoms. The van der Waals surface area contributed by atoms with Gasteiger partial charge in [0, 0.05) is 19.9 Å². The fourth-order valence-electron chi connectivity index (χ4n) is 2.77. The molecule has 3 rings (SSSR count). The van der Waals surface area contributed by atoms with Crippen LogP contribution in [0.5, 0.6) is 0 Å². The molecule has 0 saturated carbocycles. The summed E-state index contributed by atoms with van der Waals surface area (Å²) >= 11 is 0. The van der Waals surface area contributed by atoms with Gasteiger partial charge >= 0.3 is 0 Å². The van der Waals surface area contributed by atoms with Gasteiger partial charge in [-0.2, -0.15) is 0 Å². The van der Waals surface area contributed by atoms with E-state index in [4.69, 9.17) is 0 Å². The summed E-state index contributed by atoms with van der Waals surface area (Å²) in [6.45, 7) is 12.8. The fraction of sp³-hybridized carbons (Fsp3) is 0.357. The number of aryl methyl sites for hydroxylation is 1. The molecule has 0 heterocycles. The van der Waals surface area contributed by atoms with Crippen LogP contribution in [0.3, 0.4) is 0 Å². The number of hydrogen-bond acceptors (Lipinski definition) is 3. The Morgan fingerprint density at radius 1 is 0.677 bits per heavy atom. The van der Waals surface area contributed by atoms with Crippen molar-refractivity contribution >= 4 is 0 Å². The zero-order valence-electron chi connectivity index (χ0n) is 20.7. The van der Waals surface area contributed by atoms with Crippen molar-refractivity contribution in [2.24, 2.45) is 0 Å². The Hall–Kier alpha value is -2.46. The van der Waals surface area contributed by atoms with Crippen molar-refractivity contribution < 1.29 is 0 Å². The molecule has 0 radical (unpaired) electrons. The van der Waals surface area contributed by atoms with E-state index in [0.29, 0.717) is 0 Å². The molecule has 170 valence electrons. The van der Waals surface area contributed by atoms with Gasteiger partial charge in [0.25, 0.3) is 0 Å². The van der Waals surface area contributed by atoms with E-state index >= 15 is 0 Å². The number of benzene rings is 3. The largest absolute Gasteiger partial charge is 0.307 e. The molecular weight excluding hydrogens is 378 g/mol. The van der Waals surface area contributed by atoms with Crippen LogP contribution in [0.25, 0.3) is 11.1 Å². The Balaban J connectivity index is 0.000000501. The maximum absolute atomic E-state index is 3.37. The minimum absolute atomic E-state index is 0.899. The lowest BCUT2D eigenvalue weighted by molar-refractivity contribution is 0.291. The van der Waals surface area contributed by atoms with Crippen molar-refractivity contribution in [3.63, 3.8) is 0 Å². The highest BCUT2D eigenvalue weighted by Crippen LogP contribution is 2.19. The van der Waals surface area contributed by atoms with Crippen LogP contribution >= 0.6 is 0 Å². The second-order valence-corrected chi connectivity index (χ2v) is 6.67. The van der Waals surface area contributed by atoms with Gasteiger partial charge in [0.2, 0.25) is 0 Å². The summed E-state index contributed by atoms with van der Waals surface area (Å²) in [5, 5.41) is 6.47. The Morgan fingerprint density at radius 3 is 1.77 bits per heavy atom. The molecule has 0 atom stereocenters. The van der Waals surface area contributed by atoms with Gasteiger partial charge in [-0.05, 0) is 37.7 Å². The van der Waals surface area contributed by atoms with Crippen molar-refractivity contribution in [3.8, 4) is 11.1 Å². The van der Waals surface area contributed by atoms with Gasteiger partial charge in [-0.15, -0.1) is 0 Å². The van der Waals surface area contributed by atoms with Gasteiger partial charge in [-0.25, -0.2) is 0 Å². The second kappa shape index (κ2) is 19.5. The Bertz CT molecular complexity index is 757. The first-order chi connectivity index (χ1) is 15.2. The number of nitrogens with zero attached hydrogens (tertiary/aromatic N) is 1. The summed E-state index contributed by atoms with van der Waals surface area (Å²) in [6.07, 6.45) is 0. The van der Waals surface area contributed by atoms with Crippen LogP contribution in [0.15, 0.2) is 84.9 Å². The van der Waals surface area contributed by atoms with E-state index in [9.17, 15) is 0 Å². The standard InChI is InChI=1S/C13H12.C11H19N3.2C2H6/c1-11-6-5-9-13(10-11)12-7-3-2-4-8-12;1-12-9-14(2)10-13-8-11-6-4-3-5-7-11;2*1-2/h2-10H,1H3;3-7,12-13H,8-10H2,1-2H3;2*1-2H3. The highest BCUT2D eigenvalue weighted by molar-refractivity contribution is 5.63. The summed E-state index contributed by atoms with van der Waals surface area (Å²) in [6, 6.07) is 29.4. The first-order valence-corrected chi connectivity index (χ1v) is 11.4. The topological polar surface area (TPSA) is 27.3 Å². The van der Waals surface area contributed by atoms with Crippen LogP contribution in [0.1, 0.15) is 38.8 Å². The minimum Gasteiger partial charge on any atom is -0.307 e. The van der Waals surface area contributed by atoms with Crippen LogP contribution in [0.4, 0.5) is 0 Å². The second-order valence-electron chi connectivity index (χ2n) is 6.67. The van der Waals surface area contributed by atoms with Gasteiger partial charge in [0.1, 0.15) is 0 Å². The van der Waals surface area contributed by atoms with E-state index in [1.54, 1.807) is 0 Å². The van der Waals surface area contributed by atoms with E-state index in [0.717, 1.165) is 19.9 Å². The molecule has 0 aliphatic rings. The number of nitrogens with one attached hydrogen (secondary N) is 2. The highest BCUT2D eigenvalue weighted by atomic mass is 15.3. The van der Waals surface area contributed by atoms with Gasteiger partial charge in [0.15, 0.2) is 0 Å². The Kier molecular flexibility index (Phi) is 18.0. The van der Waals surface area contributed by atoms with E-state index in [-0.39, 0.29) is 0 Å². The molecular formula is C28H43N3. The summed E-state index contributed by atoms with van der Waals surface area (Å²) < 4.78 is 0. The van der Waals surface area contributed by atoms with Gasteiger partial charge in [0.05, 0.1) is 0 Å². The van der Waals surface area contributed by atoms with Crippen LogP contribution in [-0.4, -0.2) is 32.3 Å². The third-order valence-electron chi connectivity index (χ3n) is 4.11. The molecule has 0 aliphatic carbocycles. The molecule has 0 unspecified atom stereocenters. The molecule has 0 fully saturated rings. The molecule has 0 aromatic heterocycles. The molecule has 0 amide bonds. The van der Waals surface area contributed by atoms with Crippen molar-refractivity contribution in [1.29, 1.82) is 0 Å². The molecule has 0 bridgehead atoms. The van der Waals surface area contributed by atoms with E-state index in [1.807, 2.05) is 46.9 Å². The molecule has 0 saturated heterocycles. The quantitative estimate of drug-likeness (QED) is 0.423. The maximum atomic E-state index is 3.37. The number of rotatable bonds is 7. The number of hydrogen-bond donors (Lipinski definition) is 2. The van der Waals surface area contributed by atoms with Gasteiger partial charge in [-0.3, -0.25) is 4.90 Å². The third kappa shape index (κ3) is 13.5. The minimum atomic E-state index is 0.899. The summed E-state index contributed by atoms with van der Waals surface area (Å²) in [5.41, 5.74) is 5.21. The predicted molar refractivity (Wildman–Crippen MR) is 139 cm³/mol. The fourth-order valence-corrected chi connectivity index (χ4v) is 2.77. The molecule has 3 aromatic carbocycles. The lowest BCUT2D eigenvalue weighted by atomic mass is 10.0. The highest BCUT2D eigenvalue weighted by Gasteiger charge is 1.95. The average molecular weight is 422 g/mol. The van der Waals surface area contributed by atoms with Crippen molar-refractivity contribution in [3.05, 3.63) is 96.1 Å². The molecule has 31 heavy (non-hydrogen) atoms. The van der Waals surface area contributed by atoms with Crippen molar-refractivity contribution in [2.45, 2.75) is 41.2 Å². The average Bonchev–Trinajstić information content (AvgIpc) is 2.84. The lowest BCUT2D eigenvalue weighted by Gasteiger charge is -2.16. The van der Waals surface area contributed by atoms with E-state index < -0.39 is 0 Å². The maximum Gasteiger partial charge on any atom is 0.0492 e. The molecule has 3 aromatic rings. The molecule has 3 nitrogen and oxygen atoms in total. The first-order valence-electron chi connectivity index (χ1n) is 11.4. The summed E-state index contributed by atoms with van der Waals surface area (Å²) in [4.78, 5) is 2.18. The van der Waals surface area contributed by atoms with Crippen LogP contribution < -0.4 is 10.6 Å². The third-order valence-corrected chi connectivity index (χ3v) is 4.11. The smallest absolute Gasteiger partial charge is 0.0492 e. The van der Waals surface area contributed by atoms with Crippen molar-refractivity contribution in [2.75, 3.05) is 27.4 Å². The van der Waals surface area contributed by atoms with Gasteiger partial charge < -0.3 is 10.6 Å². The van der Waals surface area contributed by atoms with Crippen LogP contribution in [-0.2, 0) is 6.54 Å². The Morgan fingerprint density at radius 2 is 1.23 bits per heavy atom. The van der Waals surface area contributed by atoms with Gasteiger partial charge in [-0.1, -0.05) is 118 Å². The zero-order chi connectivity index (χ0) is 23.3. The lowest BCUT2D eigenvalue weighted by Crippen LogP contribution is -2.36. The monoisotopic (exact) mass is 421 g/mol. The Labute approximate surface area is 191 Å². The van der Waals surface area contributed by atoms with E-state index in [1.165, 1.54) is 22.3 Å².